The van der Waals surface area contributed by atoms with Crippen molar-refractivity contribution in [2.24, 2.45) is 0 Å². The lowest BCUT2D eigenvalue weighted by molar-refractivity contribution is -0.274. The molecular weight excluding hydrogens is 566 g/mol. The number of rotatable bonds is 5. The monoisotopic (exact) mass is 588 g/mol. The van der Waals surface area contributed by atoms with Gasteiger partial charge in [-0.1, -0.05) is 12.1 Å². The van der Waals surface area contributed by atoms with E-state index in [1.807, 2.05) is 0 Å². The van der Waals surface area contributed by atoms with Crippen LogP contribution in [0.25, 0.3) is 0 Å². The number of anilines is 2. The Morgan fingerprint density at radius 3 is 2.25 bits per heavy atom. The first kappa shape index (κ1) is 28.1. The highest BCUT2D eigenvalue weighted by Crippen LogP contribution is 2.50. The molecule has 2 aliphatic rings. The van der Waals surface area contributed by atoms with E-state index in [4.69, 9.17) is 4.74 Å². The molecule has 3 atom stereocenters. The van der Waals surface area contributed by atoms with Crippen LogP contribution in [-0.2, 0) is 16.2 Å². The van der Waals surface area contributed by atoms with Crippen LogP contribution in [0.4, 0.5) is 37.7 Å². The Hall–Kier alpha value is -3.49. The number of hydrogen-bond donors (Lipinski definition) is 2. The summed E-state index contributed by atoms with van der Waals surface area (Å²) >= 11 is 0. The van der Waals surface area contributed by atoms with Gasteiger partial charge in [0.15, 0.2) is 11.5 Å². The van der Waals surface area contributed by atoms with Crippen LogP contribution in [-0.4, -0.2) is 38.1 Å². The maximum Gasteiger partial charge on any atom is 0.573 e. The summed E-state index contributed by atoms with van der Waals surface area (Å²) in [6, 6.07) is 11.3. The normalized spacial score (nSPS) is 21.3. The molecule has 1 fully saturated rings. The van der Waals surface area contributed by atoms with Gasteiger partial charge in [0.05, 0.1) is 40.0 Å². The summed E-state index contributed by atoms with van der Waals surface area (Å²) < 4.78 is 116. The number of hydrogen-bond acceptors (Lipinski definition) is 6. The van der Waals surface area contributed by atoms with Crippen LogP contribution in [0.2, 0.25) is 0 Å². The molecule has 7 nitrogen and oxygen atoms in total. The van der Waals surface area contributed by atoms with Crippen molar-refractivity contribution in [3.8, 4) is 17.2 Å². The number of fused-ring (bicyclic) bond motifs is 2. The largest absolute Gasteiger partial charge is 0.573 e. The van der Waals surface area contributed by atoms with E-state index in [0.29, 0.717) is 24.3 Å². The highest BCUT2D eigenvalue weighted by atomic mass is 32.2. The first-order valence-corrected chi connectivity index (χ1v) is 13.5. The van der Waals surface area contributed by atoms with Crippen LogP contribution in [0.15, 0.2) is 71.6 Å². The Labute approximate surface area is 225 Å². The SMILES string of the molecule is O=S(=O)(NC1CCCC(N2c3ccccc3Oc3ccc(C(F)(F)F)cc32)C1O)c1ccc(OC(F)(F)F)cc1. The molecule has 0 radical (unpaired) electrons. The van der Waals surface area contributed by atoms with Gasteiger partial charge in [0.2, 0.25) is 10.0 Å². The number of aliphatic hydroxyl groups is 1. The van der Waals surface area contributed by atoms with E-state index >= 15 is 0 Å². The second-order valence-corrected chi connectivity index (χ2v) is 11.1. The molecule has 1 heterocycles. The Morgan fingerprint density at radius 2 is 1.57 bits per heavy atom. The number of para-hydroxylation sites is 2. The van der Waals surface area contributed by atoms with E-state index in [-0.39, 0.29) is 22.8 Å². The minimum Gasteiger partial charge on any atom is -0.453 e. The summed E-state index contributed by atoms with van der Waals surface area (Å²) in [6.45, 7) is 0. The number of aliphatic hydroxyl groups excluding tert-OH is 1. The molecule has 1 aliphatic heterocycles. The van der Waals surface area contributed by atoms with Crippen LogP contribution in [0.1, 0.15) is 24.8 Å². The summed E-state index contributed by atoms with van der Waals surface area (Å²) in [6.07, 6.45) is -9.99. The van der Waals surface area contributed by atoms with Crippen LogP contribution in [0.3, 0.4) is 0 Å². The Kier molecular flexibility index (Phi) is 7.13. The predicted molar refractivity (Wildman–Crippen MR) is 131 cm³/mol. The first-order chi connectivity index (χ1) is 18.7. The molecule has 0 saturated heterocycles. The third-order valence-corrected chi connectivity index (χ3v) is 8.22. The van der Waals surface area contributed by atoms with Crippen LogP contribution in [0, 0.1) is 0 Å². The van der Waals surface area contributed by atoms with Crippen molar-refractivity contribution in [2.45, 2.75) is 54.9 Å². The molecule has 3 aromatic rings. The molecule has 0 spiro atoms. The maximum absolute atomic E-state index is 13.6. The third-order valence-electron chi connectivity index (χ3n) is 6.72. The fourth-order valence-corrected chi connectivity index (χ4v) is 6.26. The second kappa shape index (κ2) is 10.2. The van der Waals surface area contributed by atoms with Gasteiger partial charge in [0, 0.05) is 0 Å². The van der Waals surface area contributed by atoms with E-state index in [1.54, 1.807) is 24.3 Å². The van der Waals surface area contributed by atoms with E-state index in [0.717, 1.165) is 36.4 Å². The fraction of sp³-hybridized carbons (Fsp3) is 0.308. The first-order valence-electron chi connectivity index (χ1n) is 12.1. The Morgan fingerprint density at radius 1 is 0.900 bits per heavy atom. The van der Waals surface area contributed by atoms with Gasteiger partial charge < -0.3 is 19.5 Å². The number of sulfonamides is 1. The Balaban J connectivity index is 1.44. The van der Waals surface area contributed by atoms with Crippen molar-refractivity contribution < 1.29 is 49.3 Å². The zero-order chi connectivity index (χ0) is 28.9. The van der Waals surface area contributed by atoms with Crippen LogP contribution in [0.5, 0.6) is 17.2 Å². The van der Waals surface area contributed by atoms with Gasteiger partial charge in [-0.15, -0.1) is 13.2 Å². The molecule has 1 saturated carbocycles. The predicted octanol–water partition coefficient (Wildman–Crippen LogP) is 6.11. The van der Waals surface area contributed by atoms with E-state index in [1.165, 1.54) is 11.0 Å². The summed E-state index contributed by atoms with van der Waals surface area (Å²) in [5, 5.41) is 11.4. The van der Waals surface area contributed by atoms with Crippen LogP contribution < -0.4 is 19.1 Å². The molecular formula is C26H22F6N2O5S. The molecule has 14 heteroatoms. The lowest BCUT2D eigenvalue weighted by Gasteiger charge is -2.45. The quantitative estimate of drug-likeness (QED) is 0.350. The summed E-state index contributed by atoms with van der Waals surface area (Å²) in [4.78, 5) is 1.19. The molecule has 1 aliphatic carbocycles. The molecule has 3 unspecified atom stereocenters. The number of ether oxygens (including phenoxy) is 2. The lowest BCUT2D eigenvalue weighted by Crippen LogP contribution is -2.56. The summed E-state index contributed by atoms with van der Waals surface area (Å²) in [5.41, 5.74) is -0.441. The highest BCUT2D eigenvalue weighted by molar-refractivity contribution is 7.89. The molecule has 5 rings (SSSR count). The summed E-state index contributed by atoms with van der Waals surface area (Å²) in [7, 11) is -4.29. The van der Waals surface area contributed by atoms with Gasteiger partial charge in [0.25, 0.3) is 0 Å². The molecule has 0 bridgehead atoms. The standard InChI is InChI=1S/C26H22F6N2O5S/c27-25(28,29)15-8-13-23-21(14-15)34(19-5-1-2-7-22(19)38-23)20-6-3-4-18(24(20)35)33-40(36,37)17-11-9-16(10-12-17)39-26(30,31)32/h1-2,5,7-14,18,20,24,33,35H,3-4,6H2. The molecule has 0 aromatic heterocycles. The van der Waals surface area contributed by atoms with Gasteiger partial charge >= 0.3 is 12.5 Å². The van der Waals surface area contributed by atoms with Gasteiger partial charge in [-0.3, -0.25) is 0 Å². The third kappa shape index (κ3) is 5.69. The van der Waals surface area contributed by atoms with Crippen molar-refractivity contribution in [2.75, 3.05) is 4.90 Å². The number of alkyl halides is 6. The van der Waals surface area contributed by atoms with Gasteiger partial charge in [-0.05, 0) is 73.9 Å². The van der Waals surface area contributed by atoms with Crippen molar-refractivity contribution in [1.82, 2.24) is 4.72 Å². The molecule has 2 N–H and O–H groups in total. The second-order valence-electron chi connectivity index (χ2n) is 9.36. The molecule has 214 valence electrons. The number of benzene rings is 3. The zero-order valence-electron chi connectivity index (χ0n) is 20.4. The number of nitrogens with zero attached hydrogens (tertiary/aromatic N) is 1. The van der Waals surface area contributed by atoms with E-state index in [9.17, 15) is 39.9 Å². The van der Waals surface area contributed by atoms with Crippen molar-refractivity contribution >= 4 is 21.4 Å². The average Bonchev–Trinajstić information content (AvgIpc) is 2.87. The smallest absolute Gasteiger partial charge is 0.453 e. The topological polar surface area (TPSA) is 88.1 Å². The fourth-order valence-electron chi connectivity index (χ4n) is 4.97. The van der Waals surface area contributed by atoms with Gasteiger partial charge in [-0.2, -0.15) is 13.2 Å². The average molecular weight is 589 g/mol. The number of halogens is 6. The lowest BCUT2D eigenvalue weighted by atomic mass is 9.86. The number of nitrogens with one attached hydrogen (secondary N) is 1. The molecule has 40 heavy (non-hydrogen) atoms. The zero-order valence-corrected chi connectivity index (χ0v) is 21.2. The minimum atomic E-state index is -4.95. The van der Waals surface area contributed by atoms with Crippen LogP contribution >= 0.6 is 0 Å². The van der Waals surface area contributed by atoms with Gasteiger partial charge in [-0.25, -0.2) is 13.1 Å². The highest BCUT2D eigenvalue weighted by Gasteiger charge is 2.42. The Bertz CT molecular complexity index is 1490. The van der Waals surface area contributed by atoms with E-state index in [2.05, 4.69) is 9.46 Å². The maximum atomic E-state index is 13.6. The molecule has 0 amide bonds. The van der Waals surface area contributed by atoms with Crippen molar-refractivity contribution in [1.29, 1.82) is 0 Å². The minimum absolute atomic E-state index is 0.0707. The van der Waals surface area contributed by atoms with Crippen molar-refractivity contribution in [3.63, 3.8) is 0 Å². The van der Waals surface area contributed by atoms with Crippen molar-refractivity contribution in [3.05, 3.63) is 72.3 Å². The van der Waals surface area contributed by atoms with Gasteiger partial charge in [0.1, 0.15) is 5.75 Å². The molecule has 3 aromatic carbocycles. The summed E-state index contributed by atoms with van der Waals surface area (Å²) in [5.74, 6) is -0.110. The van der Waals surface area contributed by atoms with E-state index < -0.39 is 52.1 Å².